The van der Waals surface area contributed by atoms with Crippen molar-refractivity contribution in [3.63, 3.8) is 0 Å². The first kappa shape index (κ1) is 21.0. The highest BCUT2D eigenvalue weighted by molar-refractivity contribution is 7.92. The van der Waals surface area contributed by atoms with Crippen molar-refractivity contribution in [3.05, 3.63) is 114 Å². The molecule has 0 unspecified atom stereocenters. The maximum absolute atomic E-state index is 13.4. The molecule has 0 saturated carbocycles. The molecule has 4 aromatic carbocycles. The molecule has 6 heteroatoms. The average molecular weight is 455 g/mol. The lowest BCUT2D eigenvalue weighted by molar-refractivity contribution is 0.102. The molecule has 0 saturated heterocycles. The summed E-state index contributed by atoms with van der Waals surface area (Å²) < 4.78 is 28.1. The van der Waals surface area contributed by atoms with Crippen LogP contribution >= 0.6 is 0 Å². The minimum atomic E-state index is -3.78. The summed E-state index contributed by atoms with van der Waals surface area (Å²) in [6, 6.07) is 31.0. The molecule has 33 heavy (non-hydrogen) atoms. The van der Waals surface area contributed by atoms with Crippen LogP contribution in [0.25, 0.3) is 11.1 Å². The largest absolute Gasteiger partial charge is 0.321 e. The van der Waals surface area contributed by atoms with Gasteiger partial charge in [-0.3, -0.25) is 9.10 Å². The van der Waals surface area contributed by atoms with E-state index in [1.807, 2.05) is 78.9 Å². The first-order chi connectivity index (χ1) is 16.0. The number of carbonyl (C=O) groups is 1. The Balaban J connectivity index is 1.44. The number of para-hydroxylation sites is 2. The number of amides is 1. The number of rotatable bonds is 5. The van der Waals surface area contributed by atoms with Crippen LogP contribution in [0.3, 0.4) is 0 Å². The Bertz CT molecular complexity index is 1430. The van der Waals surface area contributed by atoms with E-state index in [0.717, 1.165) is 16.7 Å². The molecule has 0 aliphatic carbocycles. The van der Waals surface area contributed by atoms with Crippen LogP contribution in [0.15, 0.2) is 108 Å². The zero-order valence-electron chi connectivity index (χ0n) is 17.8. The van der Waals surface area contributed by atoms with E-state index in [0.29, 0.717) is 24.3 Å². The lowest BCUT2D eigenvalue weighted by Crippen LogP contribution is -2.29. The van der Waals surface area contributed by atoms with E-state index in [1.54, 1.807) is 12.1 Å². The van der Waals surface area contributed by atoms with E-state index in [1.165, 1.54) is 16.4 Å². The van der Waals surface area contributed by atoms with Crippen LogP contribution in [0.4, 0.5) is 11.4 Å². The van der Waals surface area contributed by atoms with E-state index in [9.17, 15) is 13.2 Å². The molecule has 1 heterocycles. The molecule has 0 aromatic heterocycles. The summed E-state index contributed by atoms with van der Waals surface area (Å²) in [4.78, 5) is 13.2. The van der Waals surface area contributed by atoms with Crippen molar-refractivity contribution in [2.24, 2.45) is 0 Å². The normalized spacial score (nSPS) is 12.9. The van der Waals surface area contributed by atoms with Crippen LogP contribution in [-0.2, 0) is 16.4 Å². The van der Waals surface area contributed by atoms with Gasteiger partial charge in [-0.15, -0.1) is 0 Å². The van der Waals surface area contributed by atoms with E-state index < -0.39 is 10.0 Å². The lowest BCUT2D eigenvalue weighted by atomic mass is 10.0. The number of hydrogen-bond donors (Lipinski definition) is 1. The Morgan fingerprint density at radius 3 is 2.36 bits per heavy atom. The van der Waals surface area contributed by atoms with E-state index in [-0.39, 0.29) is 16.4 Å². The standard InChI is InChI=1S/C27H22N2O3S/c30-27(28-25-15-6-5-14-24(25)20-9-2-1-3-10-20)22-12-8-13-23(19-22)33(31,32)29-18-17-21-11-4-7-16-26(21)29/h1-16,19H,17-18H2,(H,28,30). The van der Waals surface area contributed by atoms with Crippen molar-refractivity contribution in [1.29, 1.82) is 0 Å². The number of carbonyl (C=O) groups excluding carboxylic acids is 1. The van der Waals surface area contributed by atoms with Crippen LogP contribution in [0.1, 0.15) is 15.9 Å². The average Bonchev–Trinajstić information content (AvgIpc) is 3.30. The minimum Gasteiger partial charge on any atom is -0.321 e. The zero-order valence-corrected chi connectivity index (χ0v) is 18.6. The highest BCUT2D eigenvalue weighted by Crippen LogP contribution is 2.33. The van der Waals surface area contributed by atoms with Gasteiger partial charge < -0.3 is 5.32 Å². The molecule has 0 spiro atoms. The Kier molecular flexibility index (Phi) is 5.44. The molecular formula is C27H22N2O3S. The molecule has 0 fully saturated rings. The third-order valence-electron chi connectivity index (χ3n) is 5.79. The number of nitrogens with one attached hydrogen (secondary N) is 1. The lowest BCUT2D eigenvalue weighted by Gasteiger charge is -2.20. The molecule has 1 N–H and O–H groups in total. The van der Waals surface area contributed by atoms with Gasteiger partial charge in [-0.1, -0.05) is 72.8 Å². The van der Waals surface area contributed by atoms with Crippen LogP contribution in [0.5, 0.6) is 0 Å². The molecular weight excluding hydrogens is 432 g/mol. The van der Waals surface area contributed by atoms with Crippen LogP contribution < -0.4 is 9.62 Å². The van der Waals surface area contributed by atoms with Gasteiger partial charge in [0.15, 0.2) is 0 Å². The maximum atomic E-state index is 13.4. The predicted molar refractivity (Wildman–Crippen MR) is 131 cm³/mol. The molecule has 5 nitrogen and oxygen atoms in total. The molecule has 0 radical (unpaired) electrons. The van der Waals surface area contributed by atoms with Crippen molar-refractivity contribution in [1.82, 2.24) is 0 Å². The summed E-state index contributed by atoms with van der Waals surface area (Å²) in [5.74, 6) is -0.364. The molecule has 4 aromatic rings. The fourth-order valence-electron chi connectivity index (χ4n) is 4.14. The van der Waals surface area contributed by atoms with Gasteiger partial charge in [0.2, 0.25) is 0 Å². The van der Waals surface area contributed by atoms with Crippen molar-refractivity contribution in [2.45, 2.75) is 11.3 Å². The summed E-state index contributed by atoms with van der Waals surface area (Å²) in [6.07, 6.45) is 0.672. The minimum absolute atomic E-state index is 0.100. The topological polar surface area (TPSA) is 66.5 Å². The van der Waals surface area contributed by atoms with E-state index in [4.69, 9.17) is 0 Å². The first-order valence-corrected chi connectivity index (χ1v) is 12.1. The van der Waals surface area contributed by atoms with Crippen molar-refractivity contribution >= 4 is 27.3 Å². The summed E-state index contributed by atoms with van der Waals surface area (Å²) in [5.41, 5.74) is 4.53. The summed E-state index contributed by atoms with van der Waals surface area (Å²) in [6.45, 7) is 0.391. The van der Waals surface area contributed by atoms with Gasteiger partial charge in [-0.25, -0.2) is 8.42 Å². The zero-order chi connectivity index (χ0) is 22.8. The summed E-state index contributed by atoms with van der Waals surface area (Å²) in [7, 11) is -3.78. The van der Waals surface area contributed by atoms with E-state index >= 15 is 0 Å². The number of benzene rings is 4. The molecule has 1 amide bonds. The Labute approximate surface area is 193 Å². The van der Waals surface area contributed by atoms with Gasteiger partial charge in [0.1, 0.15) is 0 Å². The SMILES string of the molecule is O=C(Nc1ccccc1-c1ccccc1)c1cccc(S(=O)(=O)N2CCc3ccccc32)c1. The van der Waals surface area contributed by atoms with Crippen molar-refractivity contribution < 1.29 is 13.2 Å². The van der Waals surface area contributed by atoms with Crippen LogP contribution in [0.2, 0.25) is 0 Å². The number of fused-ring (bicyclic) bond motifs is 1. The van der Waals surface area contributed by atoms with Gasteiger partial charge >= 0.3 is 0 Å². The van der Waals surface area contributed by atoms with Gasteiger partial charge in [0, 0.05) is 23.4 Å². The second-order valence-electron chi connectivity index (χ2n) is 7.85. The molecule has 164 valence electrons. The fourth-order valence-corrected chi connectivity index (χ4v) is 5.69. The quantitative estimate of drug-likeness (QED) is 0.442. The van der Waals surface area contributed by atoms with Crippen LogP contribution in [-0.4, -0.2) is 20.9 Å². The molecule has 1 aliphatic heterocycles. The van der Waals surface area contributed by atoms with Crippen LogP contribution in [0, 0.1) is 0 Å². The molecule has 0 atom stereocenters. The summed E-state index contributed by atoms with van der Waals surface area (Å²) >= 11 is 0. The van der Waals surface area contributed by atoms with Gasteiger partial charge in [-0.05, 0) is 47.9 Å². The van der Waals surface area contributed by atoms with Gasteiger partial charge in [0.05, 0.1) is 10.6 Å². The predicted octanol–water partition coefficient (Wildman–Crippen LogP) is 5.36. The molecule has 1 aliphatic rings. The van der Waals surface area contributed by atoms with Gasteiger partial charge in [0.25, 0.3) is 15.9 Å². The third-order valence-corrected chi connectivity index (χ3v) is 7.60. The number of anilines is 2. The second-order valence-corrected chi connectivity index (χ2v) is 9.71. The first-order valence-electron chi connectivity index (χ1n) is 10.7. The second kappa shape index (κ2) is 8.56. The van der Waals surface area contributed by atoms with Crippen molar-refractivity contribution in [3.8, 4) is 11.1 Å². The Hall–Kier alpha value is -3.90. The third kappa shape index (κ3) is 4.01. The highest BCUT2D eigenvalue weighted by atomic mass is 32.2. The number of sulfonamides is 1. The molecule has 5 rings (SSSR count). The Morgan fingerprint density at radius 2 is 1.52 bits per heavy atom. The monoisotopic (exact) mass is 454 g/mol. The highest BCUT2D eigenvalue weighted by Gasteiger charge is 2.31. The van der Waals surface area contributed by atoms with E-state index in [2.05, 4.69) is 5.32 Å². The number of nitrogens with zero attached hydrogens (tertiary/aromatic N) is 1. The Morgan fingerprint density at radius 1 is 0.788 bits per heavy atom. The number of hydrogen-bond acceptors (Lipinski definition) is 3. The van der Waals surface area contributed by atoms with Gasteiger partial charge in [-0.2, -0.15) is 0 Å². The smallest absolute Gasteiger partial charge is 0.264 e. The summed E-state index contributed by atoms with van der Waals surface area (Å²) in [5, 5.41) is 2.94. The fraction of sp³-hybridized carbons (Fsp3) is 0.0741. The molecule has 0 bridgehead atoms. The maximum Gasteiger partial charge on any atom is 0.264 e. The van der Waals surface area contributed by atoms with Crippen molar-refractivity contribution in [2.75, 3.05) is 16.2 Å².